The van der Waals surface area contributed by atoms with E-state index in [9.17, 15) is 8.78 Å². The van der Waals surface area contributed by atoms with Crippen molar-refractivity contribution in [2.24, 2.45) is 0 Å². The summed E-state index contributed by atoms with van der Waals surface area (Å²) in [4.78, 5) is 0. The normalized spacial score (nSPS) is 9.65. The smallest absolute Gasteiger partial charge is 0.198 e. The van der Waals surface area contributed by atoms with Gasteiger partial charge >= 0.3 is 0 Å². The molecule has 2 aromatic carbocycles. The third-order valence-electron chi connectivity index (χ3n) is 2.66. The zero-order valence-corrected chi connectivity index (χ0v) is 10.4. The Kier molecular flexibility index (Phi) is 3.63. The lowest BCUT2D eigenvalue weighted by atomic mass is 10.1. The molecule has 0 amide bonds. The van der Waals surface area contributed by atoms with E-state index in [4.69, 9.17) is 15.3 Å². The van der Waals surface area contributed by atoms with Gasteiger partial charge in [-0.05, 0) is 36.8 Å². The fourth-order valence-corrected chi connectivity index (χ4v) is 1.61. The maximum atomic E-state index is 13.7. The first kappa shape index (κ1) is 13.5. The van der Waals surface area contributed by atoms with E-state index in [-0.39, 0.29) is 11.3 Å². The molecule has 98 valence electrons. The summed E-state index contributed by atoms with van der Waals surface area (Å²) in [7, 11) is 0. The van der Waals surface area contributed by atoms with Crippen LogP contribution in [-0.4, -0.2) is 0 Å². The second-order valence-corrected chi connectivity index (χ2v) is 4.07. The molecule has 3 nitrogen and oxygen atoms in total. The number of hydrogen-bond acceptors (Lipinski definition) is 3. The fourth-order valence-electron chi connectivity index (χ4n) is 1.61. The first-order valence-electron chi connectivity index (χ1n) is 5.63. The molecule has 0 fully saturated rings. The van der Waals surface area contributed by atoms with E-state index in [2.05, 4.69) is 0 Å². The van der Waals surface area contributed by atoms with E-state index in [1.165, 1.54) is 6.07 Å². The highest BCUT2D eigenvalue weighted by Gasteiger charge is 2.15. The first-order chi connectivity index (χ1) is 9.55. The lowest BCUT2D eigenvalue weighted by Gasteiger charge is -2.10. The van der Waals surface area contributed by atoms with E-state index < -0.39 is 17.4 Å². The fraction of sp³-hybridized carbons (Fsp3) is 0.0667. The van der Waals surface area contributed by atoms with Crippen LogP contribution in [0, 0.1) is 41.2 Å². The van der Waals surface area contributed by atoms with E-state index in [1.54, 1.807) is 25.1 Å². The highest BCUT2D eigenvalue weighted by Crippen LogP contribution is 2.31. The van der Waals surface area contributed by atoms with Crippen LogP contribution in [-0.2, 0) is 0 Å². The molecule has 0 N–H and O–H groups in total. The number of benzene rings is 2. The second kappa shape index (κ2) is 5.38. The summed E-state index contributed by atoms with van der Waals surface area (Å²) in [6, 6.07) is 9.94. The van der Waals surface area contributed by atoms with Crippen molar-refractivity contribution in [2.75, 3.05) is 0 Å². The van der Waals surface area contributed by atoms with Crippen molar-refractivity contribution in [3.05, 3.63) is 58.7 Å². The summed E-state index contributed by atoms with van der Waals surface area (Å²) in [5.41, 5.74) is 0.821. The van der Waals surface area contributed by atoms with Crippen molar-refractivity contribution in [1.82, 2.24) is 0 Å². The first-order valence-corrected chi connectivity index (χ1v) is 5.63. The van der Waals surface area contributed by atoms with Crippen LogP contribution in [0.5, 0.6) is 11.5 Å². The van der Waals surface area contributed by atoms with Crippen LogP contribution in [0.25, 0.3) is 0 Å². The third-order valence-corrected chi connectivity index (χ3v) is 2.66. The number of hydrogen-bond donors (Lipinski definition) is 0. The van der Waals surface area contributed by atoms with Crippen LogP contribution < -0.4 is 4.74 Å². The van der Waals surface area contributed by atoms with Crippen molar-refractivity contribution in [2.45, 2.75) is 6.92 Å². The van der Waals surface area contributed by atoms with Gasteiger partial charge in [0.15, 0.2) is 17.4 Å². The molecule has 0 spiro atoms. The zero-order chi connectivity index (χ0) is 14.7. The van der Waals surface area contributed by atoms with Gasteiger partial charge in [-0.25, -0.2) is 8.78 Å². The number of halogens is 2. The van der Waals surface area contributed by atoms with Gasteiger partial charge in [0.2, 0.25) is 0 Å². The Hall–Kier alpha value is -2.92. The summed E-state index contributed by atoms with van der Waals surface area (Å²) >= 11 is 0. The number of ether oxygens (including phenoxy) is 1. The van der Waals surface area contributed by atoms with E-state index in [0.29, 0.717) is 11.1 Å². The molecule has 5 heteroatoms. The summed E-state index contributed by atoms with van der Waals surface area (Å²) in [5, 5.41) is 17.4. The van der Waals surface area contributed by atoms with Crippen LogP contribution in [0.1, 0.15) is 16.7 Å². The van der Waals surface area contributed by atoms with Gasteiger partial charge in [-0.2, -0.15) is 10.5 Å². The summed E-state index contributed by atoms with van der Waals surface area (Å²) in [6.45, 7) is 1.69. The molecule has 0 atom stereocenters. The summed E-state index contributed by atoms with van der Waals surface area (Å²) < 4.78 is 32.6. The molecule has 0 unspecified atom stereocenters. The minimum atomic E-state index is -0.969. The average molecular weight is 270 g/mol. The number of nitriles is 2. The van der Waals surface area contributed by atoms with Gasteiger partial charge in [0.25, 0.3) is 0 Å². The lowest BCUT2D eigenvalue weighted by molar-refractivity contribution is 0.405. The van der Waals surface area contributed by atoms with Crippen molar-refractivity contribution in [3.63, 3.8) is 0 Å². The number of nitrogens with zero attached hydrogens (tertiary/aromatic N) is 2. The number of rotatable bonds is 2. The molecule has 0 saturated carbocycles. The molecule has 2 rings (SSSR count). The van der Waals surface area contributed by atoms with Crippen molar-refractivity contribution in [1.29, 1.82) is 10.5 Å². The van der Waals surface area contributed by atoms with Gasteiger partial charge in [0.05, 0.1) is 23.3 Å². The van der Waals surface area contributed by atoms with Gasteiger partial charge in [0, 0.05) is 0 Å². The number of aryl methyl sites for hydroxylation is 1. The highest BCUT2D eigenvalue weighted by molar-refractivity contribution is 5.45. The zero-order valence-electron chi connectivity index (χ0n) is 10.4. The second-order valence-electron chi connectivity index (χ2n) is 4.07. The molecule has 20 heavy (non-hydrogen) atoms. The van der Waals surface area contributed by atoms with Gasteiger partial charge in [0.1, 0.15) is 5.75 Å². The molecule has 0 aliphatic rings. The topological polar surface area (TPSA) is 56.8 Å². The lowest BCUT2D eigenvalue weighted by Crippen LogP contribution is -1.96. The largest absolute Gasteiger partial charge is 0.451 e. The van der Waals surface area contributed by atoms with Crippen molar-refractivity contribution < 1.29 is 13.5 Å². The maximum Gasteiger partial charge on any atom is 0.198 e. The predicted octanol–water partition coefficient (Wildman–Crippen LogP) is 3.81. The Morgan fingerprint density at radius 2 is 1.55 bits per heavy atom. The minimum Gasteiger partial charge on any atom is -0.451 e. The highest BCUT2D eigenvalue weighted by atomic mass is 19.1. The van der Waals surface area contributed by atoms with Crippen molar-refractivity contribution in [3.8, 4) is 23.6 Å². The van der Waals surface area contributed by atoms with Gasteiger partial charge in [-0.3, -0.25) is 0 Å². The van der Waals surface area contributed by atoms with Crippen molar-refractivity contribution >= 4 is 0 Å². The molecule has 0 aliphatic carbocycles. The summed E-state index contributed by atoms with van der Waals surface area (Å²) in [5.74, 6) is -2.35. The summed E-state index contributed by atoms with van der Waals surface area (Å²) in [6.07, 6.45) is 0. The molecule has 0 aliphatic heterocycles. The Balaban J connectivity index is 2.46. The van der Waals surface area contributed by atoms with Crippen LogP contribution in [0.3, 0.4) is 0 Å². The SMILES string of the molecule is Cc1ccc(C#N)cc1Oc1c(F)cc(C#N)cc1F. The van der Waals surface area contributed by atoms with E-state index in [0.717, 1.165) is 12.1 Å². The maximum absolute atomic E-state index is 13.7. The Morgan fingerprint density at radius 1 is 0.950 bits per heavy atom. The van der Waals surface area contributed by atoms with Crippen LogP contribution in [0.4, 0.5) is 8.78 Å². The molecule has 2 aromatic rings. The average Bonchev–Trinajstić information content (AvgIpc) is 2.44. The monoisotopic (exact) mass is 270 g/mol. The minimum absolute atomic E-state index is 0.130. The van der Waals surface area contributed by atoms with Crippen LogP contribution >= 0.6 is 0 Å². The van der Waals surface area contributed by atoms with Gasteiger partial charge in [-0.15, -0.1) is 0 Å². The Morgan fingerprint density at radius 3 is 2.10 bits per heavy atom. The molecule has 0 saturated heterocycles. The van der Waals surface area contributed by atoms with E-state index in [1.807, 2.05) is 6.07 Å². The molecule has 0 heterocycles. The van der Waals surface area contributed by atoms with Gasteiger partial charge in [-0.1, -0.05) is 6.07 Å². The molecular weight excluding hydrogens is 262 g/mol. The predicted molar refractivity (Wildman–Crippen MR) is 67.0 cm³/mol. The van der Waals surface area contributed by atoms with E-state index >= 15 is 0 Å². The standard InChI is InChI=1S/C15H8F2N2O/c1-9-2-3-10(7-18)6-14(9)20-15-12(16)4-11(8-19)5-13(15)17/h2-6H,1H3. The Labute approximate surface area is 114 Å². The third kappa shape index (κ3) is 2.57. The Bertz CT molecular complexity index is 734. The molecule has 0 bridgehead atoms. The van der Waals surface area contributed by atoms with Crippen LogP contribution in [0.15, 0.2) is 30.3 Å². The molecular formula is C15H8F2N2O. The van der Waals surface area contributed by atoms with Crippen LogP contribution in [0.2, 0.25) is 0 Å². The molecule has 0 radical (unpaired) electrons. The van der Waals surface area contributed by atoms with Gasteiger partial charge < -0.3 is 4.74 Å². The quantitative estimate of drug-likeness (QED) is 0.833. The molecule has 0 aromatic heterocycles.